The van der Waals surface area contributed by atoms with Crippen molar-refractivity contribution in [3.8, 4) is 5.75 Å². The molecule has 0 aromatic heterocycles. The van der Waals surface area contributed by atoms with E-state index in [1.165, 1.54) is 12.1 Å². The van der Waals surface area contributed by atoms with Gasteiger partial charge in [0.25, 0.3) is 5.69 Å². The van der Waals surface area contributed by atoms with Crippen LogP contribution in [0.3, 0.4) is 0 Å². The molecule has 0 bridgehead atoms. The molecule has 0 saturated carbocycles. The van der Waals surface area contributed by atoms with Crippen molar-refractivity contribution in [2.75, 3.05) is 0 Å². The molecule has 20 heavy (non-hydrogen) atoms. The average Bonchev–Trinajstić information content (AvgIpc) is 2.46. The minimum Gasteiger partial charge on any atom is -0.487 e. The number of nitro benzene ring substituents is 1. The molecule has 0 amide bonds. The number of non-ortho nitro benzene ring substituents is 1. The van der Waals surface area contributed by atoms with Gasteiger partial charge in [-0.15, -0.1) is 11.6 Å². The standard InChI is InChI=1S/C14H11BrClNO3/c15-13-3-1-2-11(8-16)14(13)20-9-10-4-6-12(7-5-10)17(18)19/h1-7H,8-9H2. The molecule has 0 aliphatic rings. The van der Waals surface area contributed by atoms with Gasteiger partial charge in [-0.05, 0) is 39.7 Å². The number of nitro groups is 1. The molecule has 0 heterocycles. The van der Waals surface area contributed by atoms with Gasteiger partial charge in [0.15, 0.2) is 0 Å². The normalized spacial score (nSPS) is 10.3. The van der Waals surface area contributed by atoms with Crippen LogP contribution in [0.15, 0.2) is 46.9 Å². The number of nitrogens with zero attached hydrogens (tertiary/aromatic N) is 1. The molecule has 0 unspecified atom stereocenters. The number of para-hydroxylation sites is 1. The van der Waals surface area contributed by atoms with Crippen LogP contribution in [0.5, 0.6) is 5.75 Å². The Kier molecular flexibility index (Phi) is 4.98. The number of ether oxygens (including phenoxy) is 1. The van der Waals surface area contributed by atoms with E-state index in [-0.39, 0.29) is 5.69 Å². The first-order valence-corrected chi connectivity index (χ1v) is 7.14. The van der Waals surface area contributed by atoms with E-state index in [0.29, 0.717) is 18.2 Å². The molecule has 2 rings (SSSR count). The van der Waals surface area contributed by atoms with Crippen LogP contribution in [0.1, 0.15) is 11.1 Å². The molecule has 0 saturated heterocycles. The van der Waals surface area contributed by atoms with Crippen molar-refractivity contribution < 1.29 is 9.66 Å². The number of rotatable bonds is 5. The summed E-state index contributed by atoms with van der Waals surface area (Å²) in [5.41, 5.74) is 1.81. The maximum absolute atomic E-state index is 10.6. The van der Waals surface area contributed by atoms with E-state index >= 15 is 0 Å². The predicted molar refractivity (Wildman–Crippen MR) is 81.1 cm³/mol. The summed E-state index contributed by atoms with van der Waals surface area (Å²) in [5.74, 6) is 1.05. The predicted octanol–water partition coefficient (Wildman–Crippen LogP) is 4.68. The average molecular weight is 357 g/mol. The van der Waals surface area contributed by atoms with Gasteiger partial charge in [0.1, 0.15) is 12.4 Å². The fraction of sp³-hybridized carbons (Fsp3) is 0.143. The minimum absolute atomic E-state index is 0.0658. The van der Waals surface area contributed by atoms with Crippen LogP contribution < -0.4 is 4.74 Å². The molecular formula is C14H11BrClNO3. The molecule has 0 spiro atoms. The van der Waals surface area contributed by atoms with Crippen LogP contribution in [0.2, 0.25) is 0 Å². The Labute approximate surface area is 129 Å². The lowest BCUT2D eigenvalue weighted by atomic mass is 10.2. The van der Waals surface area contributed by atoms with Crippen LogP contribution in [-0.4, -0.2) is 4.92 Å². The van der Waals surface area contributed by atoms with Gasteiger partial charge >= 0.3 is 0 Å². The zero-order valence-electron chi connectivity index (χ0n) is 10.4. The molecule has 2 aromatic carbocycles. The fourth-order valence-corrected chi connectivity index (χ4v) is 2.42. The van der Waals surface area contributed by atoms with Gasteiger partial charge in [-0.3, -0.25) is 10.1 Å². The molecule has 0 atom stereocenters. The van der Waals surface area contributed by atoms with E-state index in [9.17, 15) is 10.1 Å². The lowest BCUT2D eigenvalue weighted by molar-refractivity contribution is -0.384. The number of hydrogen-bond acceptors (Lipinski definition) is 3. The van der Waals surface area contributed by atoms with Gasteiger partial charge < -0.3 is 4.74 Å². The van der Waals surface area contributed by atoms with Gasteiger partial charge in [-0.2, -0.15) is 0 Å². The van der Waals surface area contributed by atoms with Crippen molar-refractivity contribution in [2.45, 2.75) is 12.5 Å². The molecule has 2 aromatic rings. The Morgan fingerprint density at radius 3 is 2.50 bits per heavy atom. The summed E-state index contributed by atoms with van der Waals surface area (Å²) >= 11 is 9.28. The van der Waals surface area contributed by atoms with E-state index in [1.54, 1.807) is 12.1 Å². The first-order valence-electron chi connectivity index (χ1n) is 5.81. The summed E-state index contributed by atoms with van der Waals surface area (Å²) in [6.45, 7) is 0.324. The molecule has 0 fully saturated rings. The first-order chi connectivity index (χ1) is 9.61. The summed E-state index contributed by atoms with van der Waals surface area (Å²) in [6, 6.07) is 11.9. The molecular weight excluding hydrogens is 346 g/mol. The molecule has 0 aliphatic carbocycles. The molecule has 6 heteroatoms. The Balaban J connectivity index is 2.11. The summed E-state index contributed by atoms with van der Waals surface area (Å²) in [4.78, 5) is 10.1. The molecule has 0 N–H and O–H groups in total. The second kappa shape index (κ2) is 6.72. The van der Waals surface area contributed by atoms with E-state index in [2.05, 4.69) is 15.9 Å². The van der Waals surface area contributed by atoms with Crippen molar-refractivity contribution in [3.05, 3.63) is 68.2 Å². The van der Waals surface area contributed by atoms with Gasteiger partial charge in [0, 0.05) is 17.7 Å². The van der Waals surface area contributed by atoms with Crippen molar-refractivity contribution in [2.24, 2.45) is 0 Å². The van der Waals surface area contributed by atoms with Gasteiger partial charge in [-0.1, -0.05) is 12.1 Å². The Morgan fingerprint density at radius 2 is 1.90 bits per heavy atom. The highest BCUT2D eigenvalue weighted by molar-refractivity contribution is 9.10. The Bertz CT molecular complexity index is 616. The number of benzene rings is 2. The molecule has 104 valence electrons. The van der Waals surface area contributed by atoms with Crippen LogP contribution in [0.25, 0.3) is 0 Å². The van der Waals surface area contributed by atoms with Crippen molar-refractivity contribution >= 4 is 33.2 Å². The summed E-state index contributed by atoms with van der Waals surface area (Å²) in [7, 11) is 0. The fourth-order valence-electron chi connectivity index (χ4n) is 1.69. The second-order valence-corrected chi connectivity index (χ2v) is 5.20. The largest absolute Gasteiger partial charge is 0.487 e. The lowest BCUT2D eigenvalue weighted by Crippen LogP contribution is -1.99. The summed E-state index contributed by atoms with van der Waals surface area (Å²) < 4.78 is 6.58. The molecule has 4 nitrogen and oxygen atoms in total. The SMILES string of the molecule is O=[N+]([O-])c1ccc(COc2c(Br)cccc2CCl)cc1. The summed E-state index contributed by atoms with van der Waals surface area (Å²) in [6.07, 6.45) is 0. The van der Waals surface area contributed by atoms with E-state index in [1.807, 2.05) is 18.2 Å². The number of halogens is 2. The van der Waals surface area contributed by atoms with Crippen molar-refractivity contribution in [3.63, 3.8) is 0 Å². The third-order valence-electron chi connectivity index (χ3n) is 2.72. The van der Waals surface area contributed by atoms with Crippen LogP contribution >= 0.6 is 27.5 Å². The van der Waals surface area contributed by atoms with Crippen LogP contribution in [0.4, 0.5) is 5.69 Å². The molecule has 0 radical (unpaired) electrons. The quantitative estimate of drug-likeness (QED) is 0.444. The van der Waals surface area contributed by atoms with Gasteiger partial charge in [-0.25, -0.2) is 0 Å². The smallest absolute Gasteiger partial charge is 0.269 e. The van der Waals surface area contributed by atoms with Crippen molar-refractivity contribution in [1.29, 1.82) is 0 Å². The Morgan fingerprint density at radius 1 is 1.20 bits per heavy atom. The van der Waals surface area contributed by atoms with E-state index in [4.69, 9.17) is 16.3 Å². The van der Waals surface area contributed by atoms with Crippen molar-refractivity contribution in [1.82, 2.24) is 0 Å². The Hall–Kier alpha value is -1.59. The second-order valence-electron chi connectivity index (χ2n) is 4.07. The maximum Gasteiger partial charge on any atom is 0.269 e. The first kappa shape index (κ1) is 14.8. The van der Waals surface area contributed by atoms with Gasteiger partial charge in [0.2, 0.25) is 0 Å². The van der Waals surface area contributed by atoms with Crippen LogP contribution in [0, 0.1) is 10.1 Å². The number of hydrogen-bond donors (Lipinski definition) is 0. The minimum atomic E-state index is -0.427. The maximum atomic E-state index is 10.6. The van der Waals surface area contributed by atoms with E-state index in [0.717, 1.165) is 15.6 Å². The molecule has 0 aliphatic heterocycles. The number of alkyl halides is 1. The third-order valence-corrected chi connectivity index (χ3v) is 3.64. The lowest BCUT2D eigenvalue weighted by Gasteiger charge is -2.11. The topological polar surface area (TPSA) is 52.4 Å². The summed E-state index contributed by atoms with van der Waals surface area (Å²) in [5, 5.41) is 10.6. The highest BCUT2D eigenvalue weighted by Crippen LogP contribution is 2.31. The van der Waals surface area contributed by atoms with E-state index < -0.39 is 4.92 Å². The highest BCUT2D eigenvalue weighted by atomic mass is 79.9. The monoisotopic (exact) mass is 355 g/mol. The van der Waals surface area contributed by atoms with Crippen LogP contribution in [-0.2, 0) is 12.5 Å². The zero-order chi connectivity index (χ0) is 14.5. The van der Waals surface area contributed by atoms with Gasteiger partial charge in [0.05, 0.1) is 15.3 Å². The highest BCUT2D eigenvalue weighted by Gasteiger charge is 2.08. The zero-order valence-corrected chi connectivity index (χ0v) is 12.7. The third kappa shape index (κ3) is 3.49.